The van der Waals surface area contributed by atoms with Crippen LogP contribution in [0.4, 0.5) is 11.4 Å². The fraction of sp³-hybridized carbons (Fsp3) is 0.625. The molecule has 1 aromatic rings. The molecule has 7 heteroatoms. The molecule has 166 valence electrons. The highest BCUT2D eigenvalue weighted by Crippen LogP contribution is 2.60. The lowest BCUT2D eigenvalue weighted by Gasteiger charge is -2.56. The quantitative estimate of drug-likeness (QED) is 0.721. The van der Waals surface area contributed by atoms with Crippen LogP contribution in [0.3, 0.4) is 0 Å². The van der Waals surface area contributed by atoms with E-state index in [-0.39, 0.29) is 23.1 Å². The number of amides is 3. The minimum Gasteiger partial charge on any atom is -0.330 e. The molecular formula is C24H30ClN3O3. The standard InChI is InChI=1S/C24H30ClN3O3/c1-14(29)26-20-5-4-18(10-19(20)25)27-22(30)21-3-2-6-28(21)23(31)24-11-15-7-16(12-24)9-17(8-15)13-24/h4-5,10,15-17,21H,2-3,6-9,11-13H2,1H3,(H,26,29)(H,27,30)/t15?,16?,17?,21-,24?/m0/s1. The Morgan fingerprint density at radius 2 is 1.68 bits per heavy atom. The molecule has 1 aromatic carbocycles. The summed E-state index contributed by atoms with van der Waals surface area (Å²) in [6.45, 7) is 2.09. The second-order valence-corrected chi connectivity index (χ2v) is 10.6. The molecule has 5 aliphatic rings. The van der Waals surface area contributed by atoms with Crippen LogP contribution in [-0.2, 0) is 14.4 Å². The number of carbonyl (C=O) groups excluding carboxylic acids is 3. The molecule has 0 aromatic heterocycles. The first-order valence-corrected chi connectivity index (χ1v) is 11.9. The average molecular weight is 444 g/mol. The Morgan fingerprint density at radius 1 is 1.03 bits per heavy atom. The first-order valence-electron chi connectivity index (χ1n) is 11.5. The van der Waals surface area contributed by atoms with Crippen LogP contribution < -0.4 is 10.6 Å². The number of rotatable bonds is 4. The topological polar surface area (TPSA) is 78.5 Å². The second kappa shape index (κ2) is 7.80. The van der Waals surface area contributed by atoms with Crippen molar-refractivity contribution >= 4 is 40.7 Å². The maximum absolute atomic E-state index is 13.8. The molecule has 0 unspecified atom stereocenters. The molecule has 1 aliphatic heterocycles. The number of carbonyl (C=O) groups is 3. The predicted molar refractivity (Wildman–Crippen MR) is 120 cm³/mol. The molecule has 31 heavy (non-hydrogen) atoms. The van der Waals surface area contributed by atoms with E-state index >= 15 is 0 Å². The fourth-order valence-electron chi connectivity index (χ4n) is 7.07. The lowest BCUT2D eigenvalue weighted by atomic mass is 9.49. The van der Waals surface area contributed by atoms with E-state index in [1.54, 1.807) is 18.2 Å². The van der Waals surface area contributed by atoms with E-state index in [9.17, 15) is 14.4 Å². The van der Waals surface area contributed by atoms with Crippen LogP contribution in [0.2, 0.25) is 5.02 Å². The summed E-state index contributed by atoms with van der Waals surface area (Å²) >= 11 is 6.24. The maximum atomic E-state index is 13.8. The van der Waals surface area contributed by atoms with Crippen molar-refractivity contribution in [1.82, 2.24) is 4.90 Å². The van der Waals surface area contributed by atoms with E-state index < -0.39 is 6.04 Å². The smallest absolute Gasteiger partial charge is 0.247 e. The van der Waals surface area contributed by atoms with Gasteiger partial charge in [0.1, 0.15) is 6.04 Å². The lowest BCUT2D eigenvalue weighted by Crippen LogP contribution is -2.56. The van der Waals surface area contributed by atoms with Crippen molar-refractivity contribution in [3.05, 3.63) is 23.2 Å². The zero-order chi connectivity index (χ0) is 21.8. The zero-order valence-corrected chi connectivity index (χ0v) is 18.7. The molecule has 1 atom stereocenters. The van der Waals surface area contributed by atoms with E-state index in [0.717, 1.165) is 25.7 Å². The van der Waals surface area contributed by atoms with Crippen LogP contribution in [0.15, 0.2) is 18.2 Å². The van der Waals surface area contributed by atoms with Crippen molar-refractivity contribution in [3.63, 3.8) is 0 Å². The van der Waals surface area contributed by atoms with Crippen molar-refractivity contribution in [1.29, 1.82) is 0 Å². The third kappa shape index (κ3) is 3.84. The monoisotopic (exact) mass is 443 g/mol. The van der Waals surface area contributed by atoms with Gasteiger partial charge in [-0.1, -0.05) is 11.6 Å². The molecule has 4 bridgehead atoms. The number of likely N-dealkylation sites (tertiary alicyclic amines) is 1. The van der Waals surface area contributed by atoms with Crippen LogP contribution >= 0.6 is 11.6 Å². The minimum absolute atomic E-state index is 0.154. The van der Waals surface area contributed by atoms with Crippen molar-refractivity contribution in [3.8, 4) is 0 Å². The van der Waals surface area contributed by atoms with Crippen LogP contribution in [0.25, 0.3) is 0 Å². The van der Waals surface area contributed by atoms with E-state index in [1.807, 2.05) is 4.90 Å². The number of anilines is 2. The minimum atomic E-state index is -0.422. The molecule has 3 amide bonds. The van der Waals surface area contributed by atoms with Gasteiger partial charge in [0.25, 0.3) is 0 Å². The number of benzene rings is 1. The summed E-state index contributed by atoms with van der Waals surface area (Å²) in [6.07, 6.45) is 8.50. The third-order valence-electron chi connectivity index (χ3n) is 7.86. The van der Waals surface area contributed by atoms with Crippen molar-refractivity contribution < 1.29 is 14.4 Å². The highest BCUT2D eigenvalue weighted by Gasteiger charge is 2.56. The Hall–Kier alpha value is -2.08. The predicted octanol–water partition coefficient (Wildman–Crippen LogP) is 4.44. The van der Waals surface area contributed by atoms with Crippen LogP contribution in [0.1, 0.15) is 58.3 Å². The van der Waals surface area contributed by atoms with Crippen LogP contribution in [-0.4, -0.2) is 35.2 Å². The molecule has 0 radical (unpaired) electrons. The van der Waals surface area contributed by atoms with Gasteiger partial charge in [0.2, 0.25) is 17.7 Å². The van der Waals surface area contributed by atoms with Crippen molar-refractivity contribution in [2.45, 2.75) is 64.3 Å². The number of nitrogens with zero attached hydrogens (tertiary/aromatic N) is 1. The highest BCUT2D eigenvalue weighted by molar-refractivity contribution is 6.34. The molecule has 6 nitrogen and oxygen atoms in total. The summed E-state index contributed by atoms with van der Waals surface area (Å²) in [7, 11) is 0. The van der Waals surface area contributed by atoms with Crippen LogP contribution in [0.5, 0.6) is 0 Å². The number of nitrogens with one attached hydrogen (secondary N) is 2. The molecular weight excluding hydrogens is 414 g/mol. The zero-order valence-electron chi connectivity index (χ0n) is 18.0. The molecule has 1 heterocycles. The van der Waals surface area contributed by atoms with Gasteiger partial charge in [0.15, 0.2) is 0 Å². The van der Waals surface area contributed by atoms with Gasteiger partial charge in [0.05, 0.1) is 16.1 Å². The summed E-state index contributed by atoms with van der Waals surface area (Å²) in [4.78, 5) is 40.0. The molecule has 4 aliphatic carbocycles. The van der Waals surface area contributed by atoms with Gasteiger partial charge < -0.3 is 15.5 Å². The first-order chi connectivity index (χ1) is 14.8. The van der Waals surface area contributed by atoms with Crippen molar-refractivity contribution in [2.75, 3.05) is 17.2 Å². The van der Waals surface area contributed by atoms with Gasteiger partial charge in [-0.25, -0.2) is 0 Å². The van der Waals surface area contributed by atoms with Crippen molar-refractivity contribution in [2.24, 2.45) is 23.2 Å². The number of hydrogen-bond acceptors (Lipinski definition) is 3. The lowest BCUT2D eigenvalue weighted by molar-refractivity contribution is -0.160. The SMILES string of the molecule is CC(=O)Nc1ccc(NC(=O)[C@@H]2CCCN2C(=O)C23CC4CC(CC(C4)C2)C3)cc1Cl. The number of halogens is 1. The first kappa shape index (κ1) is 20.8. The Balaban J connectivity index is 1.29. The van der Waals surface area contributed by atoms with E-state index in [1.165, 1.54) is 26.2 Å². The van der Waals surface area contributed by atoms with Gasteiger partial charge in [0, 0.05) is 19.2 Å². The Labute approximate surface area is 188 Å². The molecule has 6 rings (SSSR count). The molecule has 4 saturated carbocycles. The molecule has 1 saturated heterocycles. The third-order valence-corrected chi connectivity index (χ3v) is 8.17. The average Bonchev–Trinajstić information content (AvgIpc) is 3.18. The Bertz CT molecular complexity index is 895. The Morgan fingerprint density at radius 3 is 2.26 bits per heavy atom. The molecule has 5 fully saturated rings. The normalized spacial score (nSPS) is 33.4. The second-order valence-electron chi connectivity index (χ2n) is 10.2. The van der Waals surface area contributed by atoms with Gasteiger partial charge in [-0.2, -0.15) is 0 Å². The summed E-state index contributed by atoms with van der Waals surface area (Å²) in [5.41, 5.74) is 0.853. The van der Waals surface area contributed by atoms with E-state index in [4.69, 9.17) is 11.6 Å². The highest BCUT2D eigenvalue weighted by atomic mass is 35.5. The maximum Gasteiger partial charge on any atom is 0.247 e. The molecule has 0 spiro atoms. The Kier molecular flexibility index (Phi) is 5.24. The van der Waals surface area contributed by atoms with Crippen LogP contribution in [0, 0.1) is 23.2 Å². The van der Waals surface area contributed by atoms with Gasteiger partial charge in [-0.15, -0.1) is 0 Å². The van der Waals surface area contributed by atoms with E-state index in [0.29, 0.717) is 47.1 Å². The summed E-state index contributed by atoms with van der Waals surface area (Å²) < 4.78 is 0. The summed E-state index contributed by atoms with van der Waals surface area (Å²) in [6, 6.07) is 4.60. The fourth-order valence-corrected chi connectivity index (χ4v) is 7.30. The summed E-state index contributed by atoms with van der Waals surface area (Å²) in [5, 5.41) is 5.95. The van der Waals surface area contributed by atoms with Gasteiger partial charge in [-0.05, 0) is 87.3 Å². The summed E-state index contributed by atoms with van der Waals surface area (Å²) in [5.74, 6) is 1.98. The number of hydrogen-bond donors (Lipinski definition) is 2. The van der Waals surface area contributed by atoms with E-state index in [2.05, 4.69) is 10.6 Å². The molecule has 2 N–H and O–H groups in total. The largest absolute Gasteiger partial charge is 0.330 e. The van der Waals surface area contributed by atoms with Gasteiger partial charge in [-0.3, -0.25) is 14.4 Å². The van der Waals surface area contributed by atoms with Gasteiger partial charge >= 0.3 is 0 Å².